The average Bonchev–Trinajstić information content (AvgIpc) is 3.29. The van der Waals surface area contributed by atoms with E-state index in [0.29, 0.717) is 5.56 Å². The number of likely N-dealkylation sites (tertiary alicyclic amines) is 1. The fraction of sp³-hybridized carbons (Fsp3) is 0.650. The lowest BCUT2D eigenvalue weighted by molar-refractivity contribution is -0.130. The molecule has 2 saturated carbocycles. The Balaban J connectivity index is 1.63. The van der Waals surface area contributed by atoms with E-state index in [2.05, 4.69) is 11.0 Å². The van der Waals surface area contributed by atoms with Crippen molar-refractivity contribution in [2.45, 2.75) is 62.0 Å². The zero-order chi connectivity index (χ0) is 16.5. The van der Waals surface area contributed by atoms with E-state index < -0.39 is 5.60 Å². The van der Waals surface area contributed by atoms with Gasteiger partial charge in [-0.15, -0.1) is 0 Å². The van der Waals surface area contributed by atoms with Crippen LogP contribution < -0.4 is 5.73 Å². The van der Waals surface area contributed by atoms with Crippen LogP contribution in [0.5, 0.6) is 0 Å². The van der Waals surface area contributed by atoms with Crippen molar-refractivity contribution in [3.05, 3.63) is 34.9 Å². The molecule has 3 fully saturated rings. The molecule has 24 heavy (non-hydrogen) atoms. The summed E-state index contributed by atoms with van der Waals surface area (Å²) in [4.78, 5) is 14.2. The van der Waals surface area contributed by atoms with E-state index >= 15 is 0 Å². The quantitative estimate of drug-likeness (QED) is 0.892. The summed E-state index contributed by atoms with van der Waals surface area (Å²) in [7, 11) is 0. The summed E-state index contributed by atoms with van der Waals surface area (Å²) >= 11 is 0. The second kappa shape index (κ2) is 4.83. The van der Waals surface area contributed by atoms with Crippen molar-refractivity contribution in [3.8, 4) is 0 Å². The number of hydrogen-bond donors (Lipinski definition) is 2. The zero-order valence-corrected chi connectivity index (χ0v) is 14.1. The number of nitrogens with two attached hydrogens (primary N) is 1. The van der Waals surface area contributed by atoms with Crippen LogP contribution in [0.2, 0.25) is 0 Å². The lowest BCUT2D eigenvalue weighted by atomic mass is 9.56. The smallest absolute Gasteiger partial charge is 0.248 e. The first kappa shape index (κ1) is 14.9. The maximum atomic E-state index is 11.8. The second-order valence-corrected chi connectivity index (χ2v) is 8.50. The Hall–Kier alpha value is -1.39. The highest BCUT2D eigenvalue weighted by molar-refractivity contribution is 5.93. The monoisotopic (exact) mass is 326 g/mol. The standard InChI is InChI=1S/C20H26N2O2/c21-18(23)15-5-4-14-11-17-20(24)7-1-6-19(20,16(14)10-15)8-9-22(17)12-13-2-3-13/h4-5,10,13,17,24H,1-3,6-9,11-12H2,(H2,21,23). The van der Waals surface area contributed by atoms with E-state index in [9.17, 15) is 9.90 Å². The lowest BCUT2D eigenvalue weighted by Gasteiger charge is -2.59. The van der Waals surface area contributed by atoms with Crippen molar-refractivity contribution in [2.75, 3.05) is 13.1 Å². The Labute approximate surface area is 143 Å². The molecule has 1 aromatic carbocycles. The van der Waals surface area contributed by atoms with Gasteiger partial charge in [0.05, 0.1) is 5.60 Å². The van der Waals surface area contributed by atoms with Gasteiger partial charge in [0.2, 0.25) is 5.91 Å². The molecule has 5 rings (SSSR count). The van der Waals surface area contributed by atoms with Crippen molar-refractivity contribution in [1.82, 2.24) is 4.90 Å². The van der Waals surface area contributed by atoms with E-state index in [-0.39, 0.29) is 17.4 Å². The summed E-state index contributed by atoms with van der Waals surface area (Å²) in [6.45, 7) is 2.22. The predicted molar refractivity (Wildman–Crippen MR) is 91.8 cm³/mol. The molecule has 4 heteroatoms. The molecule has 1 saturated heterocycles. The number of rotatable bonds is 3. The number of hydrogen-bond acceptors (Lipinski definition) is 3. The predicted octanol–water partition coefficient (Wildman–Crippen LogP) is 1.98. The van der Waals surface area contributed by atoms with Gasteiger partial charge in [0.25, 0.3) is 0 Å². The van der Waals surface area contributed by atoms with Crippen LogP contribution in [0, 0.1) is 5.92 Å². The Morgan fingerprint density at radius 1 is 1.29 bits per heavy atom. The second-order valence-electron chi connectivity index (χ2n) is 8.50. The summed E-state index contributed by atoms with van der Waals surface area (Å²) in [5.41, 5.74) is 7.82. The maximum absolute atomic E-state index is 11.8. The van der Waals surface area contributed by atoms with E-state index in [1.54, 1.807) is 0 Å². The highest BCUT2D eigenvalue weighted by Crippen LogP contribution is 2.60. The van der Waals surface area contributed by atoms with Crippen LogP contribution in [0.3, 0.4) is 0 Å². The Morgan fingerprint density at radius 3 is 2.88 bits per heavy atom. The van der Waals surface area contributed by atoms with Crippen molar-refractivity contribution in [3.63, 3.8) is 0 Å². The van der Waals surface area contributed by atoms with Crippen LogP contribution in [-0.4, -0.2) is 40.6 Å². The van der Waals surface area contributed by atoms with E-state index in [1.807, 2.05) is 12.1 Å². The molecule has 3 aliphatic carbocycles. The molecule has 2 bridgehead atoms. The van der Waals surface area contributed by atoms with Crippen molar-refractivity contribution >= 4 is 5.91 Å². The number of carbonyl (C=O) groups excluding carboxylic acids is 1. The molecule has 0 aromatic heterocycles. The minimum Gasteiger partial charge on any atom is -0.387 e. The fourth-order valence-electron chi connectivity index (χ4n) is 5.95. The van der Waals surface area contributed by atoms with Crippen LogP contribution in [0.4, 0.5) is 0 Å². The number of carbonyl (C=O) groups is 1. The largest absolute Gasteiger partial charge is 0.387 e. The van der Waals surface area contributed by atoms with E-state index in [0.717, 1.165) is 51.1 Å². The van der Waals surface area contributed by atoms with Crippen LogP contribution in [0.25, 0.3) is 0 Å². The molecular formula is C20H26N2O2. The number of fused-ring (bicyclic) bond motifs is 1. The first-order valence-corrected chi connectivity index (χ1v) is 9.43. The van der Waals surface area contributed by atoms with Crippen molar-refractivity contribution in [1.29, 1.82) is 0 Å². The summed E-state index contributed by atoms with van der Waals surface area (Å²) in [6, 6.07) is 6.17. The van der Waals surface area contributed by atoms with Crippen LogP contribution in [0.1, 0.15) is 60.0 Å². The lowest BCUT2D eigenvalue weighted by Crippen LogP contribution is -2.69. The van der Waals surface area contributed by atoms with E-state index in [4.69, 9.17) is 5.73 Å². The minimum absolute atomic E-state index is 0.170. The Kier molecular flexibility index (Phi) is 3.00. The molecule has 3 unspecified atom stereocenters. The van der Waals surface area contributed by atoms with Crippen LogP contribution >= 0.6 is 0 Å². The van der Waals surface area contributed by atoms with Crippen LogP contribution in [0.15, 0.2) is 18.2 Å². The van der Waals surface area contributed by atoms with Crippen molar-refractivity contribution < 1.29 is 9.90 Å². The number of piperidine rings is 1. The van der Waals surface area contributed by atoms with Gasteiger partial charge in [-0.25, -0.2) is 0 Å². The SMILES string of the molecule is NC(=O)c1ccc2c(c1)C13CCCC1(O)C(C2)N(CC1CC1)CC3. The normalized spacial score (nSPS) is 37.8. The number of amides is 1. The highest BCUT2D eigenvalue weighted by atomic mass is 16.3. The third-order valence-corrected chi connectivity index (χ3v) is 7.32. The molecule has 3 N–H and O–H groups in total. The molecule has 0 spiro atoms. The van der Waals surface area contributed by atoms with Gasteiger partial charge in [0.1, 0.15) is 0 Å². The van der Waals surface area contributed by atoms with Gasteiger partial charge in [-0.1, -0.05) is 6.07 Å². The van der Waals surface area contributed by atoms with Gasteiger partial charge in [-0.2, -0.15) is 0 Å². The van der Waals surface area contributed by atoms with Gasteiger partial charge >= 0.3 is 0 Å². The van der Waals surface area contributed by atoms with Gasteiger partial charge < -0.3 is 10.8 Å². The fourth-order valence-corrected chi connectivity index (χ4v) is 5.95. The summed E-state index contributed by atoms with van der Waals surface area (Å²) in [6.07, 6.45) is 7.61. The number of primary amides is 1. The summed E-state index contributed by atoms with van der Waals surface area (Å²) in [5.74, 6) is 0.477. The van der Waals surface area contributed by atoms with Gasteiger partial charge in [0.15, 0.2) is 0 Å². The first-order valence-electron chi connectivity index (χ1n) is 9.43. The average molecular weight is 326 g/mol. The number of benzene rings is 1. The molecule has 3 atom stereocenters. The van der Waals surface area contributed by atoms with Crippen LogP contribution in [-0.2, 0) is 11.8 Å². The molecule has 1 aliphatic heterocycles. The summed E-state index contributed by atoms with van der Waals surface area (Å²) < 4.78 is 0. The third-order valence-electron chi connectivity index (χ3n) is 7.32. The molecule has 1 aromatic rings. The Morgan fingerprint density at radius 2 is 2.12 bits per heavy atom. The molecule has 128 valence electrons. The maximum Gasteiger partial charge on any atom is 0.248 e. The Bertz CT molecular complexity index is 714. The van der Waals surface area contributed by atoms with Gasteiger partial charge in [0, 0.05) is 23.6 Å². The number of nitrogens with zero attached hydrogens (tertiary/aromatic N) is 1. The molecule has 4 nitrogen and oxygen atoms in total. The highest BCUT2D eigenvalue weighted by Gasteiger charge is 2.64. The third kappa shape index (κ3) is 1.84. The molecule has 1 amide bonds. The molecule has 4 aliphatic rings. The molecule has 1 heterocycles. The van der Waals surface area contributed by atoms with Gasteiger partial charge in [-0.3, -0.25) is 9.69 Å². The van der Waals surface area contributed by atoms with E-state index in [1.165, 1.54) is 24.0 Å². The van der Waals surface area contributed by atoms with Gasteiger partial charge in [-0.05, 0) is 80.7 Å². The summed E-state index contributed by atoms with van der Waals surface area (Å²) in [5, 5.41) is 11.8. The number of aliphatic hydroxyl groups is 1. The minimum atomic E-state index is -0.636. The topological polar surface area (TPSA) is 66.6 Å². The zero-order valence-electron chi connectivity index (χ0n) is 14.1. The van der Waals surface area contributed by atoms with Crippen molar-refractivity contribution in [2.24, 2.45) is 11.7 Å². The first-order chi connectivity index (χ1) is 11.5. The molecular weight excluding hydrogens is 300 g/mol. The molecule has 0 radical (unpaired) electrons.